The molecule has 1 heterocycles. The average molecular weight is 201 g/mol. The molecule has 0 bridgehead atoms. The van der Waals surface area contributed by atoms with E-state index in [-0.39, 0.29) is 16.8 Å². The van der Waals surface area contributed by atoms with Crippen LogP contribution in [-0.4, -0.2) is 25.9 Å². The molecule has 1 atom stereocenters. The number of H-pyrrole nitrogens is 1. The fraction of sp³-hybridized carbons (Fsp3) is 0.500. The standard InChI is InChI=1S/C6H11N5OS/c1-3(4(7)8)13-6-10-9-5(12)11(6)2/h3H,1-2H3,(H3,7,8)(H,9,12). The van der Waals surface area contributed by atoms with Crippen LogP contribution in [-0.2, 0) is 7.05 Å². The number of nitrogens with two attached hydrogens (primary N) is 1. The third kappa shape index (κ3) is 2.11. The third-order valence-electron chi connectivity index (χ3n) is 1.56. The number of aromatic amines is 1. The van der Waals surface area contributed by atoms with Crippen molar-refractivity contribution >= 4 is 17.6 Å². The second kappa shape index (κ2) is 3.65. The van der Waals surface area contributed by atoms with Crippen molar-refractivity contribution in [1.29, 1.82) is 5.41 Å². The summed E-state index contributed by atoms with van der Waals surface area (Å²) in [4.78, 5) is 10.9. The summed E-state index contributed by atoms with van der Waals surface area (Å²) < 4.78 is 1.38. The number of thioether (sulfide) groups is 1. The van der Waals surface area contributed by atoms with Crippen LogP contribution >= 0.6 is 11.8 Å². The highest BCUT2D eigenvalue weighted by molar-refractivity contribution is 8.00. The van der Waals surface area contributed by atoms with Crippen LogP contribution in [0.4, 0.5) is 0 Å². The molecular formula is C6H11N5OS. The molecule has 0 aliphatic rings. The van der Waals surface area contributed by atoms with E-state index in [9.17, 15) is 4.79 Å². The first-order valence-electron chi connectivity index (χ1n) is 3.64. The molecule has 1 rings (SSSR count). The summed E-state index contributed by atoms with van der Waals surface area (Å²) in [5.41, 5.74) is 5.01. The summed E-state index contributed by atoms with van der Waals surface area (Å²) in [5.74, 6) is 0.0699. The molecule has 0 aromatic carbocycles. The molecule has 6 nitrogen and oxygen atoms in total. The van der Waals surface area contributed by atoms with Crippen molar-refractivity contribution in [3.05, 3.63) is 10.5 Å². The molecule has 0 spiro atoms. The van der Waals surface area contributed by atoms with E-state index in [1.165, 1.54) is 16.3 Å². The van der Waals surface area contributed by atoms with Gasteiger partial charge in [-0.3, -0.25) is 9.98 Å². The predicted molar refractivity (Wildman–Crippen MR) is 51.1 cm³/mol. The van der Waals surface area contributed by atoms with Crippen molar-refractivity contribution in [3.63, 3.8) is 0 Å². The largest absolute Gasteiger partial charge is 0.387 e. The van der Waals surface area contributed by atoms with Gasteiger partial charge >= 0.3 is 5.69 Å². The normalized spacial score (nSPS) is 12.8. The van der Waals surface area contributed by atoms with E-state index in [0.717, 1.165) is 0 Å². The number of rotatable bonds is 3. The molecule has 0 aliphatic carbocycles. The Morgan fingerprint density at radius 2 is 2.46 bits per heavy atom. The van der Waals surface area contributed by atoms with Gasteiger partial charge in [0.2, 0.25) is 0 Å². The minimum atomic E-state index is -0.266. The molecule has 1 aromatic heterocycles. The van der Waals surface area contributed by atoms with Crippen LogP contribution in [0.15, 0.2) is 9.95 Å². The van der Waals surface area contributed by atoms with Crippen molar-refractivity contribution in [2.75, 3.05) is 0 Å². The molecule has 4 N–H and O–H groups in total. The first kappa shape index (κ1) is 9.85. The number of aromatic nitrogens is 3. The van der Waals surface area contributed by atoms with Gasteiger partial charge in [-0.15, -0.1) is 5.10 Å². The van der Waals surface area contributed by atoms with Crippen LogP contribution in [0.5, 0.6) is 0 Å². The Labute approximate surface area is 79.0 Å². The Hall–Kier alpha value is -1.24. The summed E-state index contributed by atoms with van der Waals surface area (Å²) in [5, 5.41) is 13.6. The molecule has 1 aromatic rings. The SMILES string of the molecule is CC(Sc1n[nH]c(=O)n1C)C(=N)N. The van der Waals surface area contributed by atoms with Crippen LogP contribution in [0.1, 0.15) is 6.92 Å². The second-order valence-corrected chi connectivity index (χ2v) is 3.89. The maximum Gasteiger partial charge on any atom is 0.343 e. The fourth-order valence-corrected chi connectivity index (χ4v) is 1.44. The summed E-state index contributed by atoms with van der Waals surface area (Å²) in [7, 11) is 1.61. The monoisotopic (exact) mass is 201 g/mol. The number of amidine groups is 1. The lowest BCUT2D eigenvalue weighted by molar-refractivity contribution is 0.765. The lowest BCUT2D eigenvalue weighted by Gasteiger charge is -2.06. The van der Waals surface area contributed by atoms with Crippen molar-refractivity contribution < 1.29 is 0 Å². The van der Waals surface area contributed by atoms with Crippen molar-refractivity contribution in [2.45, 2.75) is 17.3 Å². The molecule has 72 valence electrons. The summed E-state index contributed by atoms with van der Waals surface area (Å²) >= 11 is 1.27. The van der Waals surface area contributed by atoms with Crippen molar-refractivity contribution in [3.8, 4) is 0 Å². The first-order chi connectivity index (χ1) is 6.02. The zero-order chi connectivity index (χ0) is 10.0. The lowest BCUT2D eigenvalue weighted by Crippen LogP contribution is -2.22. The van der Waals surface area contributed by atoms with Gasteiger partial charge in [0.1, 0.15) is 5.84 Å². The number of hydrogen-bond acceptors (Lipinski definition) is 4. The van der Waals surface area contributed by atoms with E-state index in [4.69, 9.17) is 11.1 Å². The smallest absolute Gasteiger partial charge is 0.343 e. The highest BCUT2D eigenvalue weighted by Gasteiger charge is 2.12. The summed E-state index contributed by atoms with van der Waals surface area (Å²) in [6.07, 6.45) is 0. The maximum absolute atomic E-state index is 10.9. The van der Waals surface area contributed by atoms with E-state index in [2.05, 4.69) is 10.2 Å². The topological polar surface area (TPSA) is 101 Å². The Balaban J connectivity index is 2.80. The summed E-state index contributed by atoms with van der Waals surface area (Å²) in [6, 6.07) is 0. The third-order valence-corrected chi connectivity index (χ3v) is 2.74. The molecule has 0 amide bonds. The van der Waals surface area contributed by atoms with Gasteiger partial charge in [-0.1, -0.05) is 11.8 Å². The van der Waals surface area contributed by atoms with Crippen molar-refractivity contribution in [2.24, 2.45) is 12.8 Å². The van der Waals surface area contributed by atoms with Crippen LogP contribution in [0.2, 0.25) is 0 Å². The Morgan fingerprint density at radius 3 is 2.85 bits per heavy atom. The molecule has 0 aliphatic heterocycles. The van der Waals surface area contributed by atoms with E-state index < -0.39 is 0 Å². The van der Waals surface area contributed by atoms with Gasteiger partial charge in [0.15, 0.2) is 5.16 Å². The van der Waals surface area contributed by atoms with Gasteiger partial charge in [0.25, 0.3) is 0 Å². The highest BCUT2D eigenvalue weighted by Crippen LogP contribution is 2.18. The van der Waals surface area contributed by atoms with Crippen LogP contribution in [0.3, 0.4) is 0 Å². The summed E-state index contributed by atoms with van der Waals surface area (Å²) in [6.45, 7) is 1.78. The van der Waals surface area contributed by atoms with E-state index in [0.29, 0.717) is 5.16 Å². The van der Waals surface area contributed by atoms with Gasteiger partial charge in [-0.05, 0) is 6.92 Å². The molecule has 13 heavy (non-hydrogen) atoms. The molecule has 0 radical (unpaired) electrons. The highest BCUT2D eigenvalue weighted by atomic mass is 32.2. The lowest BCUT2D eigenvalue weighted by atomic mass is 10.4. The Kier molecular flexibility index (Phi) is 2.76. The fourth-order valence-electron chi connectivity index (χ4n) is 0.660. The van der Waals surface area contributed by atoms with Gasteiger partial charge < -0.3 is 5.73 Å². The van der Waals surface area contributed by atoms with Gasteiger partial charge in [0.05, 0.1) is 5.25 Å². The number of hydrogen-bond donors (Lipinski definition) is 3. The van der Waals surface area contributed by atoms with Gasteiger partial charge in [-0.25, -0.2) is 9.89 Å². The number of nitrogens with one attached hydrogen (secondary N) is 2. The molecule has 1 unspecified atom stereocenters. The maximum atomic E-state index is 10.9. The zero-order valence-corrected chi connectivity index (χ0v) is 8.18. The Bertz CT molecular complexity index is 367. The minimum absolute atomic E-state index is 0.0699. The van der Waals surface area contributed by atoms with Crippen LogP contribution in [0.25, 0.3) is 0 Å². The quantitative estimate of drug-likeness (QED) is 0.349. The van der Waals surface area contributed by atoms with E-state index >= 15 is 0 Å². The first-order valence-corrected chi connectivity index (χ1v) is 4.52. The average Bonchev–Trinajstić information content (AvgIpc) is 2.36. The molecule has 0 saturated heterocycles. The van der Waals surface area contributed by atoms with E-state index in [1.54, 1.807) is 14.0 Å². The number of nitrogens with zero attached hydrogens (tertiary/aromatic N) is 2. The van der Waals surface area contributed by atoms with Crippen LogP contribution < -0.4 is 11.4 Å². The zero-order valence-electron chi connectivity index (χ0n) is 7.37. The Morgan fingerprint density at radius 1 is 1.85 bits per heavy atom. The van der Waals surface area contributed by atoms with E-state index in [1.807, 2.05) is 0 Å². The predicted octanol–water partition coefficient (Wildman–Crippen LogP) is -0.475. The minimum Gasteiger partial charge on any atom is -0.387 e. The van der Waals surface area contributed by atoms with Crippen LogP contribution in [0, 0.1) is 5.41 Å². The van der Waals surface area contributed by atoms with Crippen molar-refractivity contribution in [1.82, 2.24) is 14.8 Å². The molecular weight excluding hydrogens is 190 g/mol. The van der Waals surface area contributed by atoms with Gasteiger partial charge in [-0.2, -0.15) is 0 Å². The second-order valence-electron chi connectivity index (χ2n) is 2.59. The van der Waals surface area contributed by atoms with Gasteiger partial charge in [0, 0.05) is 7.05 Å². The molecule has 0 saturated carbocycles. The molecule has 7 heteroatoms. The molecule has 0 fully saturated rings.